The summed E-state index contributed by atoms with van der Waals surface area (Å²) >= 11 is 0. The fourth-order valence-electron chi connectivity index (χ4n) is 7.97. The van der Waals surface area contributed by atoms with Crippen molar-refractivity contribution in [3.8, 4) is 17.1 Å². The molecule has 1 aliphatic heterocycles. The van der Waals surface area contributed by atoms with Crippen LogP contribution in [-0.4, -0.2) is 52.1 Å². The van der Waals surface area contributed by atoms with E-state index in [1.54, 1.807) is 30.6 Å². The molecule has 4 saturated carbocycles. The highest BCUT2D eigenvalue weighted by atomic mass is 16.6. The second kappa shape index (κ2) is 9.91. The van der Waals surface area contributed by atoms with Crippen LogP contribution < -0.4 is 10.4 Å². The molecule has 8 atom stereocenters. The van der Waals surface area contributed by atoms with Gasteiger partial charge >= 0.3 is 17.6 Å². The van der Waals surface area contributed by atoms with Gasteiger partial charge in [-0.15, -0.1) is 0 Å². The third kappa shape index (κ3) is 4.45. The van der Waals surface area contributed by atoms with Crippen LogP contribution in [0.5, 0.6) is 5.75 Å². The van der Waals surface area contributed by atoms with Crippen molar-refractivity contribution in [3.63, 3.8) is 0 Å². The Morgan fingerprint density at radius 3 is 2.52 bits per heavy atom. The fourth-order valence-corrected chi connectivity index (χ4v) is 7.97. The normalized spacial score (nSPS) is 37.0. The SMILES string of the molecule is CC1(COC(=O)C2CC2)[C@@H](OC(=O)C2CC2)CC[C@]2(C)[C@H]3C(O)c4c(cc(-c5cccnc5)oc4=O)OC3C(O)C[C@@H]12. The molecule has 4 fully saturated rings. The molecule has 0 saturated heterocycles. The predicted molar refractivity (Wildman–Crippen MR) is 147 cm³/mol. The maximum absolute atomic E-state index is 13.3. The first kappa shape index (κ1) is 27.6. The first-order valence-electron chi connectivity index (χ1n) is 15.1. The fraction of sp³-hybridized carbons (Fsp3) is 0.625. The summed E-state index contributed by atoms with van der Waals surface area (Å²) in [4.78, 5) is 42.8. The number of hydrogen-bond acceptors (Lipinski definition) is 10. The van der Waals surface area contributed by atoms with Crippen molar-refractivity contribution < 1.29 is 38.4 Å². The number of ether oxygens (including phenoxy) is 3. The Morgan fingerprint density at radius 1 is 1.10 bits per heavy atom. The van der Waals surface area contributed by atoms with Crippen LogP contribution in [0.4, 0.5) is 0 Å². The van der Waals surface area contributed by atoms with E-state index in [0.29, 0.717) is 24.8 Å². The number of carbonyl (C=O) groups is 2. The van der Waals surface area contributed by atoms with Crippen LogP contribution in [-0.2, 0) is 19.1 Å². The highest BCUT2D eigenvalue weighted by molar-refractivity contribution is 5.75. The number of hydrogen-bond donors (Lipinski definition) is 2. The molecule has 2 aromatic rings. The van der Waals surface area contributed by atoms with E-state index in [4.69, 9.17) is 18.6 Å². The molecule has 7 rings (SSSR count). The summed E-state index contributed by atoms with van der Waals surface area (Å²) in [5, 5.41) is 23.4. The van der Waals surface area contributed by atoms with E-state index in [9.17, 15) is 24.6 Å². The second-order valence-electron chi connectivity index (χ2n) is 13.5. The van der Waals surface area contributed by atoms with Crippen LogP contribution in [0.25, 0.3) is 11.3 Å². The largest absolute Gasteiger partial charge is 0.486 e. The number of carbonyl (C=O) groups excluding carboxylic acids is 2. The molecule has 10 heteroatoms. The first-order valence-corrected chi connectivity index (χ1v) is 15.1. The quantitative estimate of drug-likeness (QED) is 0.487. The minimum Gasteiger partial charge on any atom is -0.486 e. The monoisotopic (exact) mass is 579 g/mol. The van der Waals surface area contributed by atoms with Gasteiger partial charge in [-0.2, -0.15) is 0 Å². The van der Waals surface area contributed by atoms with Gasteiger partial charge in [-0.1, -0.05) is 13.8 Å². The summed E-state index contributed by atoms with van der Waals surface area (Å²) in [5.41, 5.74) is -1.54. The third-order valence-corrected chi connectivity index (χ3v) is 10.6. The van der Waals surface area contributed by atoms with E-state index in [2.05, 4.69) is 4.98 Å². The lowest BCUT2D eigenvalue weighted by molar-refractivity contribution is -0.240. The van der Waals surface area contributed by atoms with Crippen molar-refractivity contribution in [2.45, 2.75) is 83.2 Å². The van der Waals surface area contributed by atoms with Crippen molar-refractivity contribution in [2.75, 3.05) is 6.61 Å². The van der Waals surface area contributed by atoms with Gasteiger partial charge in [0, 0.05) is 35.4 Å². The molecule has 2 aromatic heterocycles. The lowest BCUT2D eigenvalue weighted by atomic mass is 9.45. The molecular formula is C32H37NO9. The summed E-state index contributed by atoms with van der Waals surface area (Å²) < 4.78 is 23.9. The standard InChI is InChI=1S/C32H37NO9/c1-31-10-9-23(42-29(37)17-7-8-17)32(2,15-39-28(36)16-5-6-16)22(31)12-19(34)27-25(31)26(35)24-21(40-27)13-20(41-30(24)38)18-4-3-11-33-14-18/h3-4,11,13-14,16-17,19,22-23,25-27,34-35H,5-10,12,15H2,1-2H3/t19?,22-,23+,25+,26?,27?,31+,32?/m1/s1. The van der Waals surface area contributed by atoms with Crippen LogP contribution in [0.15, 0.2) is 39.8 Å². The molecular weight excluding hydrogens is 542 g/mol. The number of fused-ring (bicyclic) bond motifs is 4. The van der Waals surface area contributed by atoms with Crippen LogP contribution in [0.3, 0.4) is 0 Å². The molecule has 0 bridgehead atoms. The molecule has 4 aliphatic carbocycles. The molecule has 0 amide bonds. The lowest BCUT2D eigenvalue weighted by Crippen LogP contribution is -2.66. The molecule has 5 aliphatic rings. The molecule has 224 valence electrons. The molecule has 0 aromatic carbocycles. The number of aromatic nitrogens is 1. The summed E-state index contributed by atoms with van der Waals surface area (Å²) in [6, 6.07) is 5.06. The van der Waals surface area contributed by atoms with Gasteiger partial charge in [0.2, 0.25) is 0 Å². The van der Waals surface area contributed by atoms with Gasteiger partial charge in [0.1, 0.15) is 35.9 Å². The van der Waals surface area contributed by atoms with Crippen LogP contribution in [0.2, 0.25) is 0 Å². The van der Waals surface area contributed by atoms with Crippen LogP contribution >= 0.6 is 0 Å². The average molecular weight is 580 g/mol. The summed E-state index contributed by atoms with van der Waals surface area (Å²) in [7, 11) is 0. The van der Waals surface area contributed by atoms with Gasteiger partial charge in [-0.3, -0.25) is 14.6 Å². The van der Waals surface area contributed by atoms with Gasteiger partial charge in [0.05, 0.1) is 24.0 Å². The van der Waals surface area contributed by atoms with Crippen LogP contribution in [0.1, 0.15) is 70.5 Å². The molecule has 2 N–H and O–H groups in total. The minimum atomic E-state index is -1.26. The molecule has 4 unspecified atom stereocenters. The number of aliphatic hydroxyl groups excluding tert-OH is 2. The number of esters is 2. The Morgan fingerprint density at radius 2 is 1.83 bits per heavy atom. The Bertz CT molecular complexity index is 1450. The third-order valence-electron chi connectivity index (χ3n) is 10.6. The first-order chi connectivity index (χ1) is 20.1. The van der Waals surface area contributed by atoms with Crippen molar-refractivity contribution >= 4 is 11.9 Å². The summed E-state index contributed by atoms with van der Waals surface area (Å²) in [5.74, 6) is -1.15. The van der Waals surface area contributed by atoms with E-state index in [1.807, 2.05) is 13.8 Å². The average Bonchev–Trinajstić information content (AvgIpc) is 3.88. The summed E-state index contributed by atoms with van der Waals surface area (Å²) in [6.45, 7) is 4.05. The smallest absolute Gasteiger partial charge is 0.345 e. The topological polar surface area (TPSA) is 145 Å². The van der Waals surface area contributed by atoms with E-state index >= 15 is 0 Å². The number of pyridine rings is 1. The molecule has 0 radical (unpaired) electrons. The number of nitrogens with zero attached hydrogens (tertiary/aromatic N) is 1. The highest BCUT2D eigenvalue weighted by Crippen LogP contribution is 2.64. The van der Waals surface area contributed by atoms with Gasteiger partial charge in [-0.05, 0) is 68.4 Å². The maximum atomic E-state index is 13.3. The van der Waals surface area contributed by atoms with E-state index in [-0.39, 0.29) is 53.4 Å². The van der Waals surface area contributed by atoms with E-state index in [0.717, 1.165) is 25.7 Å². The Labute approximate surface area is 243 Å². The van der Waals surface area contributed by atoms with E-state index in [1.165, 1.54) is 0 Å². The zero-order valence-corrected chi connectivity index (χ0v) is 23.9. The van der Waals surface area contributed by atoms with Gasteiger partial charge in [-0.25, -0.2) is 4.79 Å². The molecule has 42 heavy (non-hydrogen) atoms. The van der Waals surface area contributed by atoms with Gasteiger partial charge in [0.15, 0.2) is 0 Å². The Hall–Kier alpha value is -3.24. The zero-order chi connectivity index (χ0) is 29.4. The Balaban J connectivity index is 1.24. The number of aliphatic hydroxyl groups is 2. The van der Waals surface area contributed by atoms with Crippen molar-refractivity contribution in [1.82, 2.24) is 4.98 Å². The predicted octanol–water partition coefficient (Wildman–Crippen LogP) is 3.57. The van der Waals surface area contributed by atoms with E-state index < -0.39 is 46.8 Å². The maximum Gasteiger partial charge on any atom is 0.345 e. The molecule has 3 heterocycles. The van der Waals surface area contributed by atoms with Gasteiger partial charge in [0.25, 0.3) is 0 Å². The van der Waals surface area contributed by atoms with Crippen LogP contribution in [0, 0.1) is 34.5 Å². The highest BCUT2D eigenvalue weighted by Gasteiger charge is 2.66. The van der Waals surface area contributed by atoms with Crippen molar-refractivity contribution in [2.24, 2.45) is 34.5 Å². The van der Waals surface area contributed by atoms with Gasteiger partial charge < -0.3 is 28.8 Å². The lowest BCUT2D eigenvalue weighted by Gasteiger charge is -2.63. The van der Waals surface area contributed by atoms with Crippen molar-refractivity contribution in [1.29, 1.82) is 0 Å². The Kier molecular flexibility index (Phi) is 6.51. The molecule has 10 nitrogen and oxygen atoms in total. The second-order valence-corrected chi connectivity index (χ2v) is 13.5. The van der Waals surface area contributed by atoms with Crippen molar-refractivity contribution in [3.05, 3.63) is 46.6 Å². The number of rotatable bonds is 6. The molecule has 0 spiro atoms. The minimum absolute atomic E-state index is 0.0297. The zero-order valence-electron chi connectivity index (χ0n) is 23.9. The summed E-state index contributed by atoms with van der Waals surface area (Å²) in [6.07, 6.45) is 4.26.